The van der Waals surface area contributed by atoms with Gasteiger partial charge in [-0.15, -0.1) is 0 Å². The van der Waals surface area contributed by atoms with Crippen LogP contribution in [0.2, 0.25) is 0 Å². The summed E-state index contributed by atoms with van der Waals surface area (Å²) in [5.41, 5.74) is -1.84. The quantitative estimate of drug-likeness (QED) is 0.329. The Bertz CT molecular complexity index is 329. The van der Waals surface area contributed by atoms with Crippen molar-refractivity contribution in [3.05, 3.63) is 50.6 Å². The number of hydrogen-bond donors (Lipinski definition) is 0. The third-order valence-electron chi connectivity index (χ3n) is 1.35. The molecule has 7 heteroatoms. The zero-order valence-electron chi connectivity index (χ0n) is 6.90. The molecule has 0 atom stereocenters. The molecular weight excluding hydrogens is 208 g/mol. The van der Waals surface area contributed by atoms with Crippen LogP contribution >= 0.6 is 11.8 Å². The first kappa shape index (κ1) is 10.5. The third kappa shape index (κ3) is 2.70. The minimum atomic E-state index is -1.84. The maximum absolute atomic E-state index is 10.3. The van der Waals surface area contributed by atoms with Crippen molar-refractivity contribution in [2.75, 3.05) is 0 Å². The van der Waals surface area contributed by atoms with Gasteiger partial charge in [0.15, 0.2) is 0 Å². The van der Waals surface area contributed by atoms with E-state index in [4.69, 9.17) is 0 Å². The molecule has 0 unspecified atom stereocenters. The highest BCUT2D eigenvalue weighted by Gasteiger charge is 2.33. The number of rotatable bonds is 4. The van der Waals surface area contributed by atoms with Gasteiger partial charge in [-0.2, -0.15) is 0 Å². The number of benzene rings is 1. The molecule has 0 radical (unpaired) electrons. The van der Waals surface area contributed by atoms with E-state index in [0.717, 1.165) is 0 Å². The molecule has 0 aliphatic rings. The molecule has 14 heavy (non-hydrogen) atoms. The van der Waals surface area contributed by atoms with Crippen molar-refractivity contribution in [1.82, 2.24) is 0 Å². The number of nitrogens with zero attached hydrogens (tertiary/aromatic N) is 2. The van der Waals surface area contributed by atoms with Crippen LogP contribution in [0.5, 0.6) is 0 Å². The fourth-order valence-corrected chi connectivity index (χ4v) is 1.51. The van der Waals surface area contributed by atoms with E-state index in [1.807, 2.05) is 0 Å². The Labute approximate surface area is 83.2 Å². The van der Waals surface area contributed by atoms with Crippen molar-refractivity contribution in [2.24, 2.45) is 0 Å². The minimum Gasteiger partial charge on any atom is -0.258 e. The van der Waals surface area contributed by atoms with Gasteiger partial charge in [-0.1, -0.05) is 18.2 Å². The Morgan fingerprint density at radius 2 is 1.57 bits per heavy atom. The molecule has 0 amide bonds. The van der Waals surface area contributed by atoms with Gasteiger partial charge >= 0.3 is 5.50 Å². The predicted octanol–water partition coefficient (Wildman–Crippen LogP) is 1.62. The summed E-state index contributed by atoms with van der Waals surface area (Å²) in [5, 5.41) is 20.6. The second kappa shape index (κ2) is 4.56. The summed E-state index contributed by atoms with van der Waals surface area (Å²) in [6.45, 7) is 0. The third-order valence-corrected chi connectivity index (χ3v) is 2.44. The fraction of sp³-hybridized carbons (Fsp3) is 0.143. The summed E-state index contributed by atoms with van der Waals surface area (Å²) in [7, 11) is 0. The fourth-order valence-electron chi connectivity index (χ4n) is 0.784. The highest BCUT2D eigenvalue weighted by Crippen LogP contribution is 2.23. The van der Waals surface area contributed by atoms with E-state index in [9.17, 15) is 20.2 Å². The van der Waals surface area contributed by atoms with E-state index >= 15 is 0 Å². The maximum atomic E-state index is 10.3. The van der Waals surface area contributed by atoms with E-state index < -0.39 is 15.3 Å². The zero-order valence-corrected chi connectivity index (χ0v) is 7.72. The van der Waals surface area contributed by atoms with Crippen LogP contribution in [0.1, 0.15) is 0 Å². The summed E-state index contributed by atoms with van der Waals surface area (Å²) in [6.07, 6.45) is 0. The molecule has 0 bridgehead atoms. The van der Waals surface area contributed by atoms with E-state index in [-0.39, 0.29) is 0 Å². The SMILES string of the molecule is O=[N+]([O-])C(Sc1ccccc1)[N+](=O)[O-]. The predicted molar refractivity (Wildman–Crippen MR) is 50.1 cm³/mol. The average molecular weight is 214 g/mol. The summed E-state index contributed by atoms with van der Waals surface area (Å²) >= 11 is 0.607. The van der Waals surface area contributed by atoms with Crippen molar-refractivity contribution >= 4 is 11.8 Å². The molecule has 0 saturated carbocycles. The first-order chi connectivity index (χ1) is 6.61. The van der Waals surface area contributed by atoms with Crippen LogP contribution in [0.3, 0.4) is 0 Å². The summed E-state index contributed by atoms with van der Waals surface area (Å²) in [4.78, 5) is 19.2. The summed E-state index contributed by atoms with van der Waals surface area (Å²) in [6, 6.07) is 8.24. The molecule has 0 N–H and O–H groups in total. The molecule has 0 saturated heterocycles. The Morgan fingerprint density at radius 3 is 2.00 bits per heavy atom. The van der Waals surface area contributed by atoms with Gasteiger partial charge in [0, 0.05) is 16.7 Å². The topological polar surface area (TPSA) is 86.3 Å². The summed E-state index contributed by atoms with van der Waals surface area (Å²) < 4.78 is 0. The Morgan fingerprint density at radius 1 is 1.07 bits per heavy atom. The van der Waals surface area contributed by atoms with Crippen molar-refractivity contribution in [3.8, 4) is 0 Å². The van der Waals surface area contributed by atoms with Crippen LogP contribution in [-0.4, -0.2) is 15.3 Å². The molecule has 0 fully saturated rings. The smallest absolute Gasteiger partial charge is 0.258 e. The van der Waals surface area contributed by atoms with Crippen molar-refractivity contribution < 1.29 is 9.85 Å². The first-order valence-electron chi connectivity index (χ1n) is 3.60. The zero-order chi connectivity index (χ0) is 10.6. The molecule has 74 valence electrons. The molecule has 0 heterocycles. The van der Waals surface area contributed by atoms with Crippen molar-refractivity contribution in [1.29, 1.82) is 0 Å². The lowest BCUT2D eigenvalue weighted by atomic mass is 10.4. The van der Waals surface area contributed by atoms with E-state index in [1.54, 1.807) is 30.3 Å². The molecule has 0 aliphatic heterocycles. The van der Waals surface area contributed by atoms with Gasteiger partial charge in [0.25, 0.3) is 0 Å². The molecular formula is C7H6N2O4S. The van der Waals surface area contributed by atoms with E-state index in [0.29, 0.717) is 16.7 Å². The normalized spacial score (nSPS) is 10.1. The van der Waals surface area contributed by atoms with Crippen LogP contribution in [0.25, 0.3) is 0 Å². The van der Waals surface area contributed by atoms with Crippen LogP contribution < -0.4 is 0 Å². The minimum absolute atomic E-state index is 0.505. The Balaban J connectivity index is 2.75. The number of thioether (sulfide) groups is 1. The van der Waals surface area contributed by atoms with Gasteiger partial charge in [0.2, 0.25) is 0 Å². The molecule has 1 aromatic rings. The number of nitro groups is 2. The average Bonchev–Trinajstić information content (AvgIpc) is 2.15. The van der Waals surface area contributed by atoms with Gasteiger partial charge in [-0.05, 0) is 12.1 Å². The van der Waals surface area contributed by atoms with Crippen molar-refractivity contribution in [3.63, 3.8) is 0 Å². The van der Waals surface area contributed by atoms with Crippen molar-refractivity contribution in [2.45, 2.75) is 10.4 Å². The van der Waals surface area contributed by atoms with Gasteiger partial charge in [0.1, 0.15) is 9.85 Å². The standard InChI is InChI=1S/C7H6N2O4S/c10-8(11)7(9(12)13)14-6-4-2-1-3-5-6/h1-5,7H. The molecule has 0 aromatic heterocycles. The van der Waals surface area contributed by atoms with Gasteiger partial charge in [-0.3, -0.25) is 20.2 Å². The molecule has 6 nitrogen and oxygen atoms in total. The first-order valence-corrected chi connectivity index (χ1v) is 4.48. The second-order valence-electron chi connectivity index (χ2n) is 2.33. The number of hydrogen-bond acceptors (Lipinski definition) is 5. The maximum Gasteiger partial charge on any atom is 0.502 e. The Kier molecular flexibility index (Phi) is 3.41. The highest BCUT2D eigenvalue weighted by atomic mass is 32.2. The molecule has 0 aliphatic carbocycles. The molecule has 0 spiro atoms. The lowest BCUT2D eigenvalue weighted by Gasteiger charge is -2.00. The lowest BCUT2D eigenvalue weighted by molar-refractivity contribution is -0.710. The van der Waals surface area contributed by atoms with Gasteiger partial charge in [-0.25, -0.2) is 0 Å². The van der Waals surface area contributed by atoms with Gasteiger partial charge < -0.3 is 0 Å². The van der Waals surface area contributed by atoms with E-state index in [1.165, 1.54) is 0 Å². The molecule has 1 aromatic carbocycles. The van der Waals surface area contributed by atoms with Crippen LogP contribution in [0, 0.1) is 20.2 Å². The highest BCUT2D eigenvalue weighted by molar-refractivity contribution is 7.99. The monoisotopic (exact) mass is 214 g/mol. The van der Waals surface area contributed by atoms with E-state index in [2.05, 4.69) is 0 Å². The largest absolute Gasteiger partial charge is 0.502 e. The summed E-state index contributed by atoms with van der Waals surface area (Å²) in [5.74, 6) is 0. The lowest BCUT2D eigenvalue weighted by Crippen LogP contribution is -2.24. The van der Waals surface area contributed by atoms with Crippen LogP contribution in [0.4, 0.5) is 0 Å². The Hall–Kier alpha value is -1.63. The van der Waals surface area contributed by atoms with Crippen LogP contribution in [-0.2, 0) is 0 Å². The van der Waals surface area contributed by atoms with Gasteiger partial charge in [0.05, 0.1) is 0 Å². The second-order valence-corrected chi connectivity index (χ2v) is 3.46. The van der Waals surface area contributed by atoms with Crippen LogP contribution in [0.15, 0.2) is 35.2 Å². The molecule has 1 rings (SSSR count).